The summed E-state index contributed by atoms with van der Waals surface area (Å²) in [5, 5.41) is 13.2. The molecule has 7 heteroatoms. The van der Waals surface area contributed by atoms with E-state index in [0.29, 0.717) is 5.02 Å². The van der Waals surface area contributed by atoms with Crippen LogP contribution in [-0.4, -0.2) is 21.1 Å². The number of halogens is 3. The minimum atomic E-state index is -1.38. The highest BCUT2D eigenvalue weighted by atomic mass is 35.5. The molecule has 2 atom stereocenters. The zero-order chi connectivity index (χ0) is 14.7. The summed E-state index contributed by atoms with van der Waals surface area (Å²) in [6, 6.07) is 2.73. The largest absolute Gasteiger partial charge is 0.386 e. The van der Waals surface area contributed by atoms with Crippen LogP contribution in [0.5, 0.6) is 0 Å². The Bertz CT molecular complexity index is 574. The van der Waals surface area contributed by atoms with Crippen LogP contribution in [0.25, 0.3) is 0 Å². The van der Waals surface area contributed by atoms with E-state index in [1.165, 1.54) is 18.5 Å². The molecule has 2 N–H and O–H groups in total. The molecule has 0 unspecified atom stereocenters. The highest BCUT2D eigenvalue weighted by molar-refractivity contribution is 6.30. The molecule has 0 aliphatic carbocycles. The molecule has 1 aromatic heterocycles. The molecule has 0 amide bonds. The third-order valence-electron chi connectivity index (χ3n) is 2.75. The fourth-order valence-electron chi connectivity index (χ4n) is 1.71. The molecule has 4 nitrogen and oxygen atoms in total. The summed E-state index contributed by atoms with van der Waals surface area (Å²) in [5.41, 5.74) is -0.388. The molecular weight excluding hydrogens is 288 g/mol. The molecular formula is C13H12ClF2N3O. The van der Waals surface area contributed by atoms with Gasteiger partial charge in [0.05, 0.1) is 29.0 Å². The zero-order valence-corrected chi connectivity index (χ0v) is 11.3. The molecule has 0 saturated carbocycles. The Balaban J connectivity index is 2.16. The van der Waals surface area contributed by atoms with Gasteiger partial charge in [0.15, 0.2) is 0 Å². The molecule has 2 rings (SSSR count). The Hall–Kier alpha value is -1.79. The molecule has 1 aromatic carbocycles. The Morgan fingerprint density at radius 3 is 2.30 bits per heavy atom. The highest BCUT2D eigenvalue weighted by Gasteiger charge is 2.23. The van der Waals surface area contributed by atoms with Gasteiger partial charge in [-0.3, -0.25) is 0 Å². The summed E-state index contributed by atoms with van der Waals surface area (Å²) in [6.45, 7) is 1.56. The number of aliphatic hydroxyl groups excluding tert-OH is 1. The lowest BCUT2D eigenvalue weighted by atomic mass is 10.0. The molecule has 0 bridgehead atoms. The van der Waals surface area contributed by atoms with Crippen molar-refractivity contribution in [1.82, 2.24) is 9.97 Å². The topological polar surface area (TPSA) is 58.0 Å². The van der Waals surface area contributed by atoms with Crippen molar-refractivity contribution in [3.63, 3.8) is 0 Å². The molecule has 20 heavy (non-hydrogen) atoms. The van der Waals surface area contributed by atoms with Gasteiger partial charge in [-0.2, -0.15) is 0 Å². The molecule has 0 saturated heterocycles. The second-order valence-corrected chi connectivity index (χ2v) is 4.67. The lowest BCUT2D eigenvalue weighted by molar-refractivity contribution is 0.151. The molecule has 106 valence electrons. The summed E-state index contributed by atoms with van der Waals surface area (Å²) in [7, 11) is 0. The van der Waals surface area contributed by atoms with Gasteiger partial charge in [0.25, 0.3) is 0 Å². The maximum absolute atomic E-state index is 13.6. The molecule has 0 spiro atoms. The Morgan fingerprint density at radius 1 is 1.20 bits per heavy atom. The van der Waals surface area contributed by atoms with Crippen LogP contribution in [0.4, 0.5) is 14.7 Å². The van der Waals surface area contributed by atoms with Crippen LogP contribution in [0.15, 0.2) is 30.6 Å². The fourth-order valence-corrected chi connectivity index (χ4v) is 1.81. The molecule has 0 aliphatic heterocycles. The lowest BCUT2D eigenvalue weighted by Gasteiger charge is -2.21. The van der Waals surface area contributed by atoms with Crippen LogP contribution in [0, 0.1) is 11.6 Å². The quantitative estimate of drug-likeness (QED) is 0.911. The van der Waals surface area contributed by atoms with Crippen LogP contribution in [-0.2, 0) is 0 Å². The summed E-state index contributed by atoms with van der Waals surface area (Å²) < 4.78 is 27.2. The van der Waals surface area contributed by atoms with Crippen molar-refractivity contribution in [1.29, 1.82) is 0 Å². The SMILES string of the molecule is C[C@@H](Nc1ncc(Cl)cn1)[C@H](O)c1c(F)cccc1F. The number of rotatable bonds is 4. The van der Waals surface area contributed by atoms with Crippen molar-refractivity contribution < 1.29 is 13.9 Å². The average Bonchev–Trinajstić information content (AvgIpc) is 2.41. The van der Waals surface area contributed by atoms with Gasteiger partial charge in [0.1, 0.15) is 17.7 Å². The Labute approximate surface area is 119 Å². The monoisotopic (exact) mass is 299 g/mol. The number of aliphatic hydroxyl groups is 1. The number of aromatic nitrogens is 2. The number of hydrogen-bond acceptors (Lipinski definition) is 4. The third kappa shape index (κ3) is 3.20. The molecule has 0 fully saturated rings. The number of nitrogens with one attached hydrogen (secondary N) is 1. The maximum atomic E-state index is 13.6. The van der Waals surface area contributed by atoms with Crippen molar-refractivity contribution >= 4 is 17.5 Å². The van der Waals surface area contributed by atoms with Gasteiger partial charge in [0, 0.05) is 0 Å². The minimum Gasteiger partial charge on any atom is -0.386 e. The number of hydrogen-bond donors (Lipinski definition) is 2. The van der Waals surface area contributed by atoms with Crippen LogP contribution in [0.2, 0.25) is 5.02 Å². The van der Waals surface area contributed by atoms with Crippen LogP contribution in [0.1, 0.15) is 18.6 Å². The van der Waals surface area contributed by atoms with E-state index in [9.17, 15) is 13.9 Å². The van der Waals surface area contributed by atoms with E-state index in [-0.39, 0.29) is 11.5 Å². The Kier molecular flexibility index (Phi) is 4.46. The normalized spacial score (nSPS) is 13.8. The zero-order valence-electron chi connectivity index (χ0n) is 10.5. The number of benzene rings is 1. The van der Waals surface area contributed by atoms with E-state index in [1.807, 2.05) is 0 Å². The van der Waals surface area contributed by atoms with E-state index in [2.05, 4.69) is 15.3 Å². The van der Waals surface area contributed by atoms with Gasteiger partial charge in [-0.1, -0.05) is 17.7 Å². The van der Waals surface area contributed by atoms with Gasteiger partial charge in [-0.15, -0.1) is 0 Å². The van der Waals surface area contributed by atoms with E-state index in [0.717, 1.165) is 12.1 Å². The van der Waals surface area contributed by atoms with Crippen molar-refractivity contribution in [2.75, 3.05) is 5.32 Å². The molecule has 0 radical (unpaired) electrons. The Morgan fingerprint density at radius 2 is 1.75 bits per heavy atom. The maximum Gasteiger partial charge on any atom is 0.222 e. The van der Waals surface area contributed by atoms with Gasteiger partial charge in [0.2, 0.25) is 5.95 Å². The van der Waals surface area contributed by atoms with Crippen molar-refractivity contribution in [2.45, 2.75) is 19.1 Å². The summed E-state index contributed by atoms with van der Waals surface area (Å²) in [6.07, 6.45) is 1.37. The molecule has 2 aromatic rings. The number of nitrogens with zero attached hydrogens (tertiary/aromatic N) is 2. The standard InChI is InChI=1S/C13H12ClF2N3O/c1-7(19-13-17-5-8(14)6-18-13)12(20)11-9(15)3-2-4-10(11)16/h2-7,12,20H,1H3,(H,17,18,19)/t7-,12+/m1/s1. The van der Waals surface area contributed by atoms with Crippen LogP contribution < -0.4 is 5.32 Å². The first-order valence-electron chi connectivity index (χ1n) is 5.85. The van der Waals surface area contributed by atoms with Crippen molar-refractivity contribution in [3.05, 3.63) is 52.8 Å². The summed E-state index contributed by atoms with van der Waals surface area (Å²) in [5.74, 6) is -1.40. The van der Waals surface area contributed by atoms with E-state index >= 15 is 0 Å². The fraction of sp³-hybridized carbons (Fsp3) is 0.231. The smallest absolute Gasteiger partial charge is 0.222 e. The minimum absolute atomic E-state index is 0.206. The van der Waals surface area contributed by atoms with Gasteiger partial charge >= 0.3 is 0 Å². The van der Waals surface area contributed by atoms with E-state index in [4.69, 9.17) is 11.6 Å². The summed E-state index contributed by atoms with van der Waals surface area (Å²) >= 11 is 5.65. The van der Waals surface area contributed by atoms with Crippen molar-refractivity contribution in [3.8, 4) is 0 Å². The average molecular weight is 300 g/mol. The first kappa shape index (κ1) is 14.6. The van der Waals surface area contributed by atoms with E-state index in [1.54, 1.807) is 6.92 Å². The van der Waals surface area contributed by atoms with Crippen LogP contribution >= 0.6 is 11.6 Å². The van der Waals surface area contributed by atoms with Gasteiger partial charge < -0.3 is 10.4 Å². The highest BCUT2D eigenvalue weighted by Crippen LogP contribution is 2.24. The first-order chi connectivity index (χ1) is 9.49. The lowest BCUT2D eigenvalue weighted by Crippen LogP contribution is -2.26. The predicted octanol–water partition coefficient (Wildman–Crippen LogP) is 2.94. The second-order valence-electron chi connectivity index (χ2n) is 4.24. The number of anilines is 1. The third-order valence-corrected chi connectivity index (χ3v) is 2.94. The van der Waals surface area contributed by atoms with Gasteiger partial charge in [-0.05, 0) is 19.1 Å². The molecule has 1 heterocycles. The van der Waals surface area contributed by atoms with Crippen LogP contribution in [0.3, 0.4) is 0 Å². The van der Waals surface area contributed by atoms with Crippen molar-refractivity contribution in [2.24, 2.45) is 0 Å². The second kappa shape index (κ2) is 6.11. The van der Waals surface area contributed by atoms with Gasteiger partial charge in [-0.25, -0.2) is 18.7 Å². The predicted molar refractivity (Wildman–Crippen MR) is 71.4 cm³/mol. The first-order valence-corrected chi connectivity index (χ1v) is 6.23. The van der Waals surface area contributed by atoms with E-state index < -0.39 is 23.8 Å². The summed E-state index contributed by atoms with van der Waals surface area (Å²) in [4.78, 5) is 7.77. The molecule has 0 aliphatic rings.